The molecule has 3 rings (SSSR count). The van der Waals surface area contributed by atoms with E-state index >= 15 is 0 Å². The zero-order chi connectivity index (χ0) is 11.6. The van der Waals surface area contributed by atoms with E-state index < -0.39 is 0 Å². The first-order chi connectivity index (χ1) is 7.44. The summed E-state index contributed by atoms with van der Waals surface area (Å²) in [7, 11) is 0. The van der Waals surface area contributed by atoms with Crippen LogP contribution in [0, 0.1) is 11.3 Å². The first-order valence-corrected chi connectivity index (χ1v) is 6.48. The van der Waals surface area contributed by atoms with Gasteiger partial charge in [0.05, 0.1) is 11.2 Å². The van der Waals surface area contributed by atoms with Crippen molar-refractivity contribution in [1.29, 1.82) is 0 Å². The Kier molecular flexibility index (Phi) is 1.86. The quantitative estimate of drug-likeness (QED) is 0.607. The van der Waals surface area contributed by atoms with Crippen LogP contribution in [-0.4, -0.2) is 11.2 Å². The number of allylic oxidation sites excluding steroid dienone is 1. The molecule has 2 bridgehead atoms. The number of rotatable bonds is 1. The molecule has 0 aromatic carbocycles. The summed E-state index contributed by atoms with van der Waals surface area (Å²) < 4.78 is 6.50. The van der Waals surface area contributed by atoms with Crippen LogP contribution in [0.25, 0.3) is 0 Å². The Morgan fingerprint density at radius 2 is 2.19 bits per heavy atom. The van der Waals surface area contributed by atoms with Crippen molar-refractivity contribution in [1.82, 2.24) is 0 Å². The van der Waals surface area contributed by atoms with Gasteiger partial charge < -0.3 is 4.74 Å². The topological polar surface area (TPSA) is 9.23 Å². The largest absolute Gasteiger partial charge is 0.360 e. The van der Waals surface area contributed by atoms with Crippen LogP contribution in [0.3, 0.4) is 0 Å². The van der Waals surface area contributed by atoms with Gasteiger partial charge in [-0.15, -0.1) is 0 Å². The third kappa shape index (κ3) is 0.964. The van der Waals surface area contributed by atoms with Crippen molar-refractivity contribution in [3.8, 4) is 0 Å². The second kappa shape index (κ2) is 2.81. The van der Waals surface area contributed by atoms with Crippen LogP contribution in [0.1, 0.15) is 46.5 Å². The van der Waals surface area contributed by atoms with Crippen LogP contribution in [0.15, 0.2) is 24.3 Å². The van der Waals surface area contributed by atoms with Gasteiger partial charge in [-0.3, -0.25) is 0 Å². The molecule has 0 aromatic heterocycles. The van der Waals surface area contributed by atoms with Crippen LogP contribution in [0.5, 0.6) is 0 Å². The predicted molar refractivity (Wildman–Crippen MR) is 66.2 cm³/mol. The van der Waals surface area contributed by atoms with Crippen LogP contribution in [-0.2, 0) is 4.74 Å². The minimum atomic E-state index is -0.0162. The SMILES string of the molecule is C=C(C)[C@]12CC[C@]3(C=CC[C@@H](C)[C@]3(C)C1)O2. The molecule has 0 amide bonds. The highest BCUT2D eigenvalue weighted by Gasteiger charge is 2.68. The maximum Gasteiger partial charge on any atom is 0.0932 e. The highest BCUT2D eigenvalue weighted by atomic mass is 16.5. The number of ether oxygens (including phenoxy) is 1. The summed E-state index contributed by atoms with van der Waals surface area (Å²) in [5.74, 6) is 0.721. The summed E-state index contributed by atoms with van der Waals surface area (Å²) in [4.78, 5) is 0. The Bertz CT molecular complexity index is 383. The molecule has 88 valence electrons. The molecule has 2 fully saturated rings. The van der Waals surface area contributed by atoms with E-state index in [0.717, 1.165) is 12.3 Å². The smallest absolute Gasteiger partial charge is 0.0932 e. The van der Waals surface area contributed by atoms with E-state index in [9.17, 15) is 0 Å². The lowest BCUT2D eigenvalue weighted by Gasteiger charge is -2.47. The highest BCUT2D eigenvalue weighted by Crippen LogP contribution is 2.67. The van der Waals surface area contributed by atoms with E-state index in [1.165, 1.54) is 24.8 Å². The number of hydrogen-bond acceptors (Lipinski definition) is 1. The molecule has 16 heavy (non-hydrogen) atoms. The fourth-order valence-corrected chi connectivity index (χ4v) is 4.18. The Morgan fingerprint density at radius 3 is 2.81 bits per heavy atom. The van der Waals surface area contributed by atoms with E-state index in [-0.39, 0.29) is 11.2 Å². The molecular formula is C15H22O. The van der Waals surface area contributed by atoms with Gasteiger partial charge in [0.2, 0.25) is 0 Å². The summed E-state index contributed by atoms with van der Waals surface area (Å²) in [5.41, 5.74) is 1.54. The fraction of sp³-hybridized carbons (Fsp3) is 0.733. The van der Waals surface area contributed by atoms with Crippen molar-refractivity contribution in [2.45, 2.75) is 57.7 Å². The number of fused-ring (bicyclic) bond motifs is 1. The zero-order valence-electron chi connectivity index (χ0n) is 10.7. The zero-order valence-corrected chi connectivity index (χ0v) is 10.7. The van der Waals surface area contributed by atoms with Gasteiger partial charge in [0.1, 0.15) is 0 Å². The lowest BCUT2D eigenvalue weighted by molar-refractivity contribution is -0.0480. The maximum absolute atomic E-state index is 6.50. The monoisotopic (exact) mass is 218 g/mol. The Morgan fingerprint density at radius 1 is 1.44 bits per heavy atom. The Balaban J connectivity index is 2.10. The molecule has 3 aliphatic rings. The van der Waals surface area contributed by atoms with Crippen LogP contribution >= 0.6 is 0 Å². The molecule has 2 aliphatic heterocycles. The Hall–Kier alpha value is -0.560. The molecule has 0 aromatic rings. The van der Waals surface area contributed by atoms with E-state index in [0.29, 0.717) is 5.41 Å². The van der Waals surface area contributed by atoms with E-state index in [1.807, 2.05) is 0 Å². The first kappa shape index (κ1) is 10.6. The minimum Gasteiger partial charge on any atom is -0.360 e. The summed E-state index contributed by atoms with van der Waals surface area (Å²) in [6.07, 6.45) is 9.39. The van der Waals surface area contributed by atoms with Gasteiger partial charge in [-0.05, 0) is 44.1 Å². The van der Waals surface area contributed by atoms with Gasteiger partial charge in [-0.1, -0.05) is 32.6 Å². The van der Waals surface area contributed by atoms with E-state index in [2.05, 4.69) is 39.5 Å². The van der Waals surface area contributed by atoms with E-state index in [4.69, 9.17) is 4.74 Å². The molecule has 0 saturated carbocycles. The van der Waals surface area contributed by atoms with Gasteiger partial charge in [0, 0.05) is 5.41 Å². The van der Waals surface area contributed by atoms with Crippen molar-refractivity contribution in [2.75, 3.05) is 0 Å². The van der Waals surface area contributed by atoms with Gasteiger partial charge in [-0.25, -0.2) is 0 Å². The minimum absolute atomic E-state index is 0.0162. The summed E-state index contributed by atoms with van der Waals surface area (Å²) in [5, 5.41) is 0. The molecule has 0 radical (unpaired) electrons. The standard InChI is InChI=1S/C15H22O/c1-11(2)14-8-9-15(16-14)7-5-6-12(3)13(15,4)10-14/h5,7,12H,1,6,8-10H2,2-4H3/t12-,13+,14+,15+/m1/s1. The van der Waals surface area contributed by atoms with Crippen LogP contribution in [0.2, 0.25) is 0 Å². The highest BCUT2D eigenvalue weighted by molar-refractivity contribution is 5.32. The average Bonchev–Trinajstić information content (AvgIpc) is 2.70. The molecule has 2 saturated heterocycles. The summed E-state index contributed by atoms with van der Waals surface area (Å²) >= 11 is 0. The lowest BCUT2D eigenvalue weighted by atomic mass is 9.55. The average molecular weight is 218 g/mol. The van der Waals surface area contributed by atoms with E-state index in [1.54, 1.807) is 0 Å². The summed E-state index contributed by atoms with van der Waals surface area (Å²) in [6.45, 7) is 11.1. The number of hydrogen-bond donors (Lipinski definition) is 0. The second-order valence-corrected chi connectivity index (χ2v) is 6.40. The Labute approximate surface area is 98.6 Å². The van der Waals surface area contributed by atoms with Gasteiger partial charge >= 0.3 is 0 Å². The molecular weight excluding hydrogens is 196 g/mol. The molecule has 0 unspecified atom stereocenters. The third-order valence-corrected chi connectivity index (χ3v) is 5.64. The van der Waals surface area contributed by atoms with Crippen LogP contribution in [0.4, 0.5) is 0 Å². The first-order valence-electron chi connectivity index (χ1n) is 6.48. The van der Waals surface area contributed by atoms with Gasteiger partial charge in [0.15, 0.2) is 0 Å². The third-order valence-electron chi connectivity index (χ3n) is 5.64. The second-order valence-electron chi connectivity index (χ2n) is 6.40. The van der Waals surface area contributed by atoms with Gasteiger partial charge in [0.25, 0.3) is 0 Å². The van der Waals surface area contributed by atoms with Crippen molar-refractivity contribution in [2.24, 2.45) is 11.3 Å². The predicted octanol–water partition coefficient (Wildman–Crippen LogP) is 3.86. The maximum atomic E-state index is 6.50. The molecule has 1 aliphatic carbocycles. The molecule has 1 spiro atoms. The van der Waals surface area contributed by atoms with Crippen molar-refractivity contribution < 1.29 is 4.74 Å². The fourth-order valence-electron chi connectivity index (χ4n) is 4.18. The lowest BCUT2D eigenvalue weighted by Crippen LogP contribution is -2.47. The van der Waals surface area contributed by atoms with Crippen molar-refractivity contribution >= 4 is 0 Å². The molecule has 4 atom stereocenters. The van der Waals surface area contributed by atoms with Crippen molar-refractivity contribution in [3.63, 3.8) is 0 Å². The molecule has 0 N–H and O–H groups in total. The normalized spacial score (nSPS) is 54.1. The summed E-state index contributed by atoms with van der Waals surface area (Å²) in [6, 6.07) is 0. The molecule has 2 heterocycles. The van der Waals surface area contributed by atoms with Crippen LogP contribution < -0.4 is 0 Å². The van der Waals surface area contributed by atoms with Gasteiger partial charge in [-0.2, -0.15) is 0 Å². The molecule has 1 heteroatoms. The molecule has 1 nitrogen and oxygen atoms in total. The van der Waals surface area contributed by atoms with Crippen molar-refractivity contribution in [3.05, 3.63) is 24.3 Å².